The Morgan fingerprint density at radius 3 is 2.56 bits per heavy atom. The van der Waals surface area contributed by atoms with E-state index in [1.54, 1.807) is 29.3 Å². The van der Waals surface area contributed by atoms with Crippen molar-refractivity contribution >= 4 is 27.5 Å². The molecule has 2 heterocycles. The highest BCUT2D eigenvalue weighted by Crippen LogP contribution is 2.32. The van der Waals surface area contributed by atoms with Gasteiger partial charge in [0.15, 0.2) is 0 Å². The van der Waals surface area contributed by atoms with E-state index in [0.717, 1.165) is 26.5 Å². The fourth-order valence-corrected chi connectivity index (χ4v) is 4.45. The summed E-state index contributed by atoms with van der Waals surface area (Å²) in [6.07, 6.45) is 1.75. The Morgan fingerprint density at radius 2 is 1.75 bits per heavy atom. The van der Waals surface area contributed by atoms with Crippen molar-refractivity contribution in [3.05, 3.63) is 95.6 Å². The van der Waals surface area contributed by atoms with Crippen molar-refractivity contribution in [2.24, 2.45) is 0 Å². The summed E-state index contributed by atoms with van der Waals surface area (Å²) in [6.45, 7) is 0.347. The molecule has 5 aromatic rings. The van der Waals surface area contributed by atoms with Crippen LogP contribution in [0.25, 0.3) is 27.2 Å². The summed E-state index contributed by atoms with van der Waals surface area (Å²) in [5.74, 6) is 0.443. The Morgan fingerprint density at radius 1 is 1.00 bits per heavy atom. The van der Waals surface area contributed by atoms with Gasteiger partial charge in [0.25, 0.3) is 5.91 Å². The van der Waals surface area contributed by atoms with Gasteiger partial charge >= 0.3 is 0 Å². The minimum Gasteiger partial charge on any atom is -0.496 e. The van der Waals surface area contributed by atoms with Gasteiger partial charge in [0, 0.05) is 11.8 Å². The van der Waals surface area contributed by atoms with Crippen LogP contribution in [0.5, 0.6) is 5.75 Å². The van der Waals surface area contributed by atoms with Gasteiger partial charge in [0.05, 0.1) is 35.1 Å². The van der Waals surface area contributed by atoms with Gasteiger partial charge in [-0.05, 0) is 36.4 Å². The molecule has 5 rings (SSSR count). The number of hydrogen-bond acceptors (Lipinski definition) is 5. The van der Waals surface area contributed by atoms with Crippen LogP contribution in [0.1, 0.15) is 15.4 Å². The number of methoxy groups -OCH3 is 1. The molecular weight excluding hydrogens is 420 g/mol. The van der Waals surface area contributed by atoms with E-state index in [1.165, 1.54) is 0 Å². The summed E-state index contributed by atoms with van der Waals surface area (Å²) < 4.78 is 8.34. The fourth-order valence-electron chi connectivity index (χ4n) is 3.54. The first-order valence-corrected chi connectivity index (χ1v) is 11.0. The topological polar surface area (TPSA) is 69.0 Å². The zero-order valence-corrected chi connectivity index (χ0v) is 18.2. The Kier molecular flexibility index (Phi) is 5.39. The van der Waals surface area contributed by atoms with Crippen LogP contribution >= 0.6 is 11.3 Å². The van der Waals surface area contributed by atoms with Gasteiger partial charge in [0.2, 0.25) is 0 Å². The molecule has 1 N–H and O–H groups in total. The smallest absolute Gasteiger partial charge is 0.255 e. The van der Waals surface area contributed by atoms with Crippen LogP contribution in [0, 0.1) is 0 Å². The second kappa shape index (κ2) is 8.64. The van der Waals surface area contributed by atoms with Crippen molar-refractivity contribution < 1.29 is 9.53 Å². The largest absolute Gasteiger partial charge is 0.496 e. The van der Waals surface area contributed by atoms with Crippen molar-refractivity contribution in [3.8, 4) is 22.7 Å². The zero-order chi connectivity index (χ0) is 21.9. The fraction of sp³-hybridized carbons (Fsp3) is 0.0800. The van der Waals surface area contributed by atoms with E-state index in [-0.39, 0.29) is 5.91 Å². The second-order valence-electron chi connectivity index (χ2n) is 7.13. The molecule has 0 spiro atoms. The standard InChI is InChI=1S/C25H20N4O2S/c1-31-21-13-7-5-11-18(21)24-19(16-29(28-24)17-9-3-2-4-10-17)25(30)26-15-23-27-20-12-6-8-14-22(20)32-23/h2-14,16H,15H2,1H3,(H,26,30). The van der Waals surface area contributed by atoms with Crippen molar-refractivity contribution in [1.82, 2.24) is 20.1 Å². The number of carbonyl (C=O) groups excluding carboxylic acids is 1. The lowest BCUT2D eigenvalue weighted by molar-refractivity contribution is 0.0951. The van der Waals surface area contributed by atoms with E-state index in [2.05, 4.69) is 10.3 Å². The summed E-state index contributed by atoms with van der Waals surface area (Å²) >= 11 is 1.58. The van der Waals surface area contributed by atoms with Crippen LogP contribution < -0.4 is 10.1 Å². The molecule has 0 saturated heterocycles. The number of para-hydroxylation sites is 3. The third-order valence-corrected chi connectivity index (χ3v) is 6.12. The number of carbonyl (C=O) groups is 1. The van der Waals surface area contributed by atoms with Gasteiger partial charge in [-0.25, -0.2) is 9.67 Å². The molecule has 0 aliphatic rings. The van der Waals surface area contributed by atoms with Gasteiger partial charge in [-0.1, -0.05) is 42.5 Å². The molecule has 0 aliphatic carbocycles. The first-order chi connectivity index (χ1) is 15.7. The highest BCUT2D eigenvalue weighted by molar-refractivity contribution is 7.18. The predicted octanol–water partition coefficient (Wildman–Crippen LogP) is 5.09. The predicted molar refractivity (Wildman–Crippen MR) is 126 cm³/mol. The number of aromatic nitrogens is 3. The molecule has 0 unspecified atom stereocenters. The minimum absolute atomic E-state index is 0.215. The second-order valence-corrected chi connectivity index (χ2v) is 8.24. The first-order valence-electron chi connectivity index (χ1n) is 10.1. The molecule has 0 radical (unpaired) electrons. The highest BCUT2D eigenvalue weighted by atomic mass is 32.1. The maximum atomic E-state index is 13.2. The SMILES string of the molecule is COc1ccccc1-c1nn(-c2ccccc2)cc1C(=O)NCc1nc2ccccc2s1. The zero-order valence-electron chi connectivity index (χ0n) is 17.4. The van der Waals surface area contributed by atoms with E-state index in [9.17, 15) is 4.79 Å². The Bertz CT molecular complexity index is 1360. The molecule has 0 saturated carbocycles. The van der Waals surface area contributed by atoms with Crippen LogP contribution in [0.2, 0.25) is 0 Å². The number of thiazole rings is 1. The Labute approximate surface area is 189 Å². The summed E-state index contributed by atoms with van der Waals surface area (Å²) in [5, 5.41) is 8.59. The average Bonchev–Trinajstić information content (AvgIpc) is 3.47. The molecule has 6 nitrogen and oxygen atoms in total. The number of amides is 1. The molecule has 158 valence electrons. The lowest BCUT2D eigenvalue weighted by Gasteiger charge is -2.08. The number of nitrogens with one attached hydrogen (secondary N) is 1. The van der Waals surface area contributed by atoms with Crippen molar-refractivity contribution in [3.63, 3.8) is 0 Å². The Hall–Kier alpha value is -3.97. The van der Waals surface area contributed by atoms with Crippen LogP contribution in [0.3, 0.4) is 0 Å². The molecular formula is C25H20N4O2S. The number of nitrogens with zero attached hydrogens (tertiary/aromatic N) is 3. The van der Waals surface area contributed by atoms with Gasteiger partial charge < -0.3 is 10.1 Å². The third kappa shape index (κ3) is 3.86. The number of hydrogen-bond donors (Lipinski definition) is 1. The molecule has 32 heavy (non-hydrogen) atoms. The number of rotatable bonds is 6. The van der Waals surface area contributed by atoms with Crippen LogP contribution in [-0.2, 0) is 6.54 Å². The highest BCUT2D eigenvalue weighted by Gasteiger charge is 2.21. The third-order valence-electron chi connectivity index (χ3n) is 5.08. The molecule has 1 amide bonds. The first kappa shape index (κ1) is 20.0. The van der Waals surface area contributed by atoms with E-state index in [0.29, 0.717) is 23.6 Å². The molecule has 7 heteroatoms. The lowest BCUT2D eigenvalue weighted by atomic mass is 10.1. The van der Waals surface area contributed by atoms with Gasteiger partial charge in [-0.15, -0.1) is 11.3 Å². The van der Waals surface area contributed by atoms with Crippen molar-refractivity contribution in [1.29, 1.82) is 0 Å². The van der Waals surface area contributed by atoms with E-state index >= 15 is 0 Å². The maximum absolute atomic E-state index is 13.2. The van der Waals surface area contributed by atoms with Crippen LogP contribution in [0.15, 0.2) is 85.1 Å². The normalized spacial score (nSPS) is 10.9. The molecule has 0 aliphatic heterocycles. The number of fused-ring (bicyclic) bond motifs is 1. The number of benzene rings is 3. The maximum Gasteiger partial charge on any atom is 0.255 e. The van der Waals surface area contributed by atoms with E-state index in [4.69, 9.17) is 9.84 Å². The lowest BCUT2D eigenvalue weighted by Crippen LogP contribution is -2.23. The molecule has 0 bridgehead atoms. The molecule has 3 aromatic carbocycles. The van der Waals surface area contributed by atoms with Gasteiger partial charge in [-0.2, -0.15) is 5.10 Å². The summed E-state index contributed by atoms with van der Waals surface area (Å²) in [4.78, 5) is 17.8. The minimum atomic E-state index is -0.215. The Balaban J connectivity index is 1.49. The quantitative estimate of drug-likeness (QED) is 0.399. The molecule has 0 atom stereocenters. The molecule has 0 fully saturated rings. The monoisotopic (exact) mass is 440 g/mol. The van der Waals surface area contributed by atoms with Gasteiger partial charge in [-0.3, -0.25) is 4.79 Å². The van der Waals surface area contributed by atoms with Crippen LogP contribution in [0.4, 0.5) is 0 Å². The van der Waals surface area contributed by atoms with Crippen molar-refractivity contribution in [2.75, 3.05) is 7.11 Å². The average molecular weight is 441 g/mol. The van der Waals surface area contributed by atoms with Gasteiger partial charge in [0.1, 0.15) is 16.5 Å². The summed E-state index contributed by atoms with van der Waals surface area (Å²) in [7, 11) is 1.61. The number of ether oxygens (including phenoxy) is 1. The summed E-state index contributed by atoms with van der Waals surface area (Å²) in [6, 6.07) is 25.2. The molecule has 2 aromatic heterocycles. The van der Waals surface area contributed by atoms with E-state index in [1.807, 2.05) is 78.9 Å². The summed E-state index contributed by atoms with van der Waals surface area (Å²) in [5.41, 5.74) is 3.60. The van der Waals surface area contributed by atoms with Crippen molar-refractivity contribution in [2.45, 2.75) is 6.54 Å². The van der Waals surface area contributed by atoms with Crippen LogP contribution in [-0.4, -0.2) is 27.8 Å². The van der Waals surface area contributed by atoms with E-state index < -0.39 is 0 Å².